The van der Waals surface area contributed by atoms with Gasteiger partial charge in [-0.25, -0.2) is 0 Å². The molecule has 2 aromatic heterocycles. The van der Waals surface area contributed by atoms with Gasteiger partial charge in [0.2, 0.25) is 0 Å². The van der Waals surface area contributed by atoms with Crippen molar-refractivity contribution < 1.29 is 4.74 Å². The van der Waals surface area contributed by atoms with E-state index in [0.717, 1.165) is 25.1 Å². The molecule has 1 N–H and O–H groups in total. The number of rotatable bonds is 6. The monoisotopic (exact) mass is 302 g/mol. The van der Waals surface area contributed by atoms with Crippen molar-refractivity contribution in [2.45, 2.75) is 38.1 Å². The Morgan fingerprint density at radius 2 is 2.43 bits per heavy atom. The topological polar surface area (TPSA) is 34.1 Å². The molecule has 112 valence electrons. The molecule has 0 fully saturated rings. The highest BCUT2D eigenvalue weighted by Crippen LogP contribution is 2.42. The molecule has 0 amide bonds. The summed E-state index contributed by atoms with van der Waals surface area (Å²) in [7, 11) is 1.73. The van der Waals surface area contributed by atoms with Crippen LogP contribution < -0.4 is 10.1 Å². The first-order valence-corrected chi connectivity index (χ1v) is 8.51. The molecule has 0 aromatic carbocycles. The first-order valence-electron chi connectivity index (χ1n) is 7.63. The summed E-state index contributed by atoms with van der Waals surface area (Å²) < 4.78 is 5.35. The Hall–Kier alpha value is -1.39. The number of nitrogens with one attached hydrogen (secondary N) is 1. The van der Waals surface area contributed by atoms with E-state index in [2.05, 4.69) is 34.7 Å². The molecule has 0 bridgehead atoms. The fourth-order valence-corrected chi connectivity index (χ4v) is 4.11. The molecule has 1 aliphatic carbocycles. The van der Waals surface area contributed by atoms with Gasteiger partial charge in [-0.15, -0.1) is 11.3 Å². The predicted molar refractivity (Wildman–Crippen MR) is 87.2 cm³/mol. The largest absolute Gasteiger partial charge is 0.496 e. The smallest absolute Gasteiger partial charge is 0.129 e. The van der Waals surface area contributed by atoms with Gasteiger partial charge in [-0.2, -0.15) is 0 Å². The number of aromatic nitrogens is 1. The van der Waals surface area contributed by atoms with Gasteiger partial charge in [0.05, 0.1) is 13.2 Å². The summed E-state index contributed by atoms with van der Waals surface area (Å²) in [6.07, 6.45) is 5.37. The zero-order valence-corrected chi connectivity index (χ0v) is 13.5. The summed E-state index contributed by atoms with van der Waals surface area (Å²) in [6, 6.07) is 6.77. The zero-order valence-electron chi connectivity index (χ0n) is 12.6. The van der Waals surface area contributed by atoms with Gasteiger partial charge in [0.15, 0.2) is 0 Å². The Kier molecular flexibility index (Phi) is 4.56. The normalized spacial score (nSPS) is 18.5. The fraction of sp³-hybridized carbons (Fsp3) is 0.471. The summed E-state index contributed by atoms with van der Waals surface area (Å²) in [6.45, 7) is 3.24. The number of pyridine rings is 1. The minimum Gasteiger partial charge on any atom is -0.496 e. The minimum absolute atomic E-state index is 0.343. The molecular formula is C17H22N2OS. The second kappa shape index (κ2) is 6.58. The quantitative estimate of drug-likeness (QED) is 0.878. The van der Waals surface area contributed by atoms with Crippen LogP contribution in [0.25, 0.3) is 0 Å². The lowest BCUT2D eigenvalue weighted by Crippen LogP contribution is -2.26. The molecule has 21 heavy (non-hydrogen) atoms. The lowest BCUT2D eigenvalue weighted by Gasteiger charge is -2.24. The molecule has 0 aliphatic heterocycles. The zero-order chi connectivity index (χ0) is 14.7. The Labute approximate surface area is 130 Å². The second-order valence-electron chi connectivity index (χ2n) is 5.51. The molecule has 0 radical (unpaired) electrons. The van der Waals surface area contributed by atoms with Crippen LogP contribution in [0.5, 0.6) is 5.75 Å². The van der Waals surface area contributed by atoms with Gasteiger partial charge < -0.3 is 10.1 Å². The van der Waals surface area contributed by atoms with E-state index in [1.54, 1.807) is 18.4 Å². The number of ether oxygens (including phenoxy) is 1. The van der Waals surface area contributed by atoms with Gasteiger partial charge in [-0.05, 0) is 43.5 Å². The molecule has 2 aromatic rings. The minimum atomic E-state index is 0.343. The highest BCUT2D eigenvalue weighted by molar-refractivity contribution is 7.10. The van der Waals surface area contributed by atoms with E-state index in [4.69, 9.17) is 4.74 Å². The van der Waals surface area contributed by atoms with E-state index in [0.29, 0.717) is 12.0 Å². The standard InChI is InChI=1S/C17H22N2OS/c1-3-8-18-17(15-10-13(20-2)11-21-15)14-7-6-12-5-4-9-19-16(12)14/h4-5,9-11,14,17-18H,3,6-8H2,1-2H3. The van der Waals surface area contributed by atoms with Crippen molar-refractivity contribution in [3.63, 3.8) is 0 Å². The van der Waals surface area contributed by atoms with Crippen molar-refractivity contribution in [3.05, 3.63) is 45.9 Å². The van der Waals surface area contributed by atoms with E-state index < -0.39 is 0 Å². The van der Waals surface area contributed by atoms with Crippen LogP contribution in [0.4, 0.5) is 0 Å². The van der Waals surface area contributed by atoms with Gasteiger partial charge in [0.25, 0.3) is 0 Å². The summed E-state index contributed by atoms with van der Waals surface area (Å²) in [4.78, 5) is 6.01. The highest BCUT2D eigenvalue weighted by atomic mass is 32.1. The molecule has 0 spiro atoms. The van der Waals surface area contributed by atoms with Crippen molar-refractivity contribution in [1.29, 1.82) is 0 Å². The van der Waals surface area contributed by atoms with E-state index in [9.17, 15) is 0 Å². The maximum Gasteiger partial charge on any atom is 0.129 e. The third kappa shape index (κ3) is 2.97. The average Bonchev–Trinajstić information content (AvgIpc) is 3.15. The van der Waals surface area contributed by atoms with Gasteiger partial charge in [0, 0.05) is 28.1 Å². The first kappa shape index (κ1) is 14.5. The molecule has 1 aliphatic rings. The molecule has 4 heteroatoms. The van der Waals surface area contributed by atoms with Crippen LogP contribution in [0.1, 0.15) is 47.9 Å². The lowest BCUT2D eigenvalue weighted by molar-refractivity contribution is 0.413. The Bertz CT molecular complexity index is 596. The van der Waals surface area contributed by atoms with E-state index in [1.165, 1.54) is 22.6 Å². The summed E-state index contributed by atoms with van der Waals surface area (Å²) in [5.74, 6) is 1.42. The summed E-state index contributed by atoms with van der Waals surface area (Å²) in [5, 5.41) is 5.81. The summed E-state index contributed by atoms with van der Waals surface area (Å²) in [5.41, 5.74) is 2.69. The Balaban J connectivity index is 1.89. The van der Waals surface area contributed by atoms with Crippen LogP contribution >= 0.6 is 11.3 Å². The predicted octanol–water partition coefficient (Wildman–Crippen LogP) is 3.92. The number of hydrogen-bond acceptors (Lipinski definition) is 4. The van der Waals surface area contributed by atoms with Crippen molar-refractivity contribution in [1.82, 2.24) is 10.3 Å². The van der Waals surface area contributed by atoms with Crippen molar-refractivity contribution in [2.75, 3.05) is 13.7 Å². The van der Waals surface area contributed by atoms with Crippen LogP contribution in [-0.4, -0.2) is 18.6 Å². The van der Waals surface area contributed by atoms with Gasteiger partial charge in [0.1, 0.15) is 5.75 Å². The molecule has 3 rings (SSSR count). The van der Waals surface area contributed by atoms with Gasteiger partial charge in [-0.3, -0.25) is 4.98 Å². The van der Waals surface area contributed by atoms with Crippen LogP contribution in [0, 0.1) is 0 Å². The molecule has 0 saturated carbocycles. The molecule has 2 heterocycles. The van der Waals surface area contributed by atoms with Crippen molar-refractivity contribution in [2.24, 2.45) is 0 Å². The SMILES string of the molecule is CCCNC(c1cc(OC)cs1)C1CCc2cccnc21. The number of thiophene rings is 1. The number of nitrogens with zero attached hydrogens (tertiary/aromatic N) is 1. The second-order valence-corrected chi connectivity index (χ2v) is 6.46. The first-order chi connectivity index (χ1) is 10.3. The van der Waals surface area contributed by atoms with Gasteiger partial charge >= 0.3 is 0 Å². The molecule has 2 unspecified atom stereocenters. The average molecular weight is 302 g/mol. The fourth-order valence-electron chi connectivity index (χ4n) is 3.11. The van der Waals surface area contributed by atoms with Crippen LogP contribution in [0.15, 0.2) is 29.8 Å². The van der Waals surface area contributed by atoms with Crippen LogP contribution in [0.2, 0.25) is 0 Å². The molecular weight excluding hydrogens is 280 g/mol. The maximum absolute atomic E-state index is 5.35. The maximum atomic E-state index is 5.35. The number of aryl methyl sites for hydroxylation is 1. The third-order valence-electron chi connectivity index (χ3n) is 4.16. The third-order valence-corrected chi connectivity index (χ3v) is 5.15. The van der Waals surface area contributed by atoms with Crippen molar-refractivity contribution in [3.8, 4) is 5.75 Å². The highest BCUT2D eigenvalue weighted by Gasteiger charge is 2.32. The number of hydrogen-bond donors (Lipinski definition) is 1. The lowest BCUT2D eigenvalue weighted by atomic mass is 9.95. The molecule has 0 saturated heterocycles. The number of fused-ring (bicyclic) bond motifs is 1. The molecule has 3 nitrogen and oxygen atoms in total. The van der Waals surface area contributed by atoms with Crippen LogP contribution in [0.3, 0.4) is 0 Å². The van der Waals surface area contributed by atoms with E-state index in [-0.39, 0.29) is 0 Å². The van der Waals surface area contributed by atoms with E-state index >= 15 is 0 Å². The number of methoxy groups -OCH3 is 1. The van der Waals surface area contributed by atoms with E-state index in [1.807, 2.05) is 12.3 Å². The van der Waals surface area contributed by atoms with Gasteiger partial charge in [-0.1, -0.05) is 13.0 Å². The Morgan fingerprint density at radius 3 is 3.19 bits per heavy atom. The van der Waals surface area contributed by atoms with Crippen LogP contribution in [-0.2, 0) is 6.42 Å². The summed E-state index contributed by atoms with van der Waals surface area (Å²) >= 11 is 1.78. The van der Waals surface area contributed by atoms with Crippen molar-refractivity contribution >= 4 is 11.3 Å². The Morgan fingerprint density at radius 1 is 1.52 bits per heavy atom. The molecule has 2 atom stereocenters.